The summed E-state index contributed by atoms with van der Waals surface area (Å²) in [6, 6.07) is 10.9. The molecule has 0 atom stereocenters. The first-order valence-corrected chi connectivity index (χ1v) is 10.7. The second-order valence-corrected chi connectivity index (χ2v) is 8.10. The number of carbonyl (C=O) groups excluding carboxylic acids is 2. The van der Waals surface area contributed by atoms with E-state index in [1.807, 2.05) is 0 Å². The fourth-order valence-corrected chi connectivity index (χ4v) is 3.85. The maximum Gasteiger partial charge on any atom is 0.240 e. The van der Waals surface area contributed by atoms with E-state index >= 15 is 0 Å². The molecule has 0 radical (unpaired) electrons. The number of ether oxygens (including phenoxy) is 2. The molecule has 2 aromatic carbocycles. The number of sulfonamides is 1. The molecule has 0 unspecified atom stereocenters. The van der Waals surface area contributed by atoms with Gasteiger partial charge in [0.05, 0.1) is 10.6 Å². The van der Waals surface area contributed by atoms with Crippen molar-refractivity contribution in [1.29, 1.82) is 0 Å². The molecule has 3 rings (SSSR count). The molecule has 0 saturated heterocycles. The van der Waals surface area contributed by atoms with Crippen LogP contribution in [0.4, 0.5) is 5.69 Å². The van der Waals surface area contributed by atoms with Crippen molar-refractivity contribution in [3.05, 3.63) is 48.0 Å². The molecule has 0 aliphatic carbocycles. The van der Waals surface area contributed by atoms with Gasteiger partial charge in [0.2, 0.25) is 28.6 Å². The van der Waals surface area contributed by atoms with Gasteiger partial charge in [-0.15, -0.1) is 0 Å². The largest absolute Gasteiger partial charge is 0.454 e. The van der Waals surface area contributed by atoms with Gasteiger partial charge in [0.15, 0.2) is 11.5 Å². The first kappa shape index (κ1) is 20.8. The molecule has 154 valence electrons. The number of rotatable bonds is 7. The molecule has 9 heteroatoms. The number of nitrogens with zero attached hydrogens (tertiary/aromatic N) is 1. The Balaban J connectivity index is 1.74. The molecule has 29 heavy (non-hydrogen) atoms. The van der Waals surface area contributed by atoms with Crippen LogP contribution >= 0.6 is 0 Å². The lowest BCUT2D eigenvalue weighted by Crippen LogP contribution is -2.36. The summed E-state index contributed by atoms with van der Waals surface area (Å²) >= 11 is 0. The van der Waals surface area contributed by atoms with Gasteiger partial charge in [-0.1, -0.05) is 19.9 Å². The van der Waals surface area contributed by atoms with Gasteiger partial charge < -0.3 is 9.47 Å². The Labute approximate surface area is 169 Å². The Morgan fingerprint density at radius 3 is 2.21 bits per heavy atom. The van der Waals surface area contributed by atoms with E-state index in [1.54, 1.807) is 32.0 Å². The smallest absolute Gasteiger partial charge is 0.240 e. The van der Waals surface area contributed by atoms with Crippen LogP contribution in [0.15, 0.2) is 47.4 Å². The molecule has 1 N–H and O–H groups in total. The molecule has 1 aliphatic rings. The summed E-state index contributed by atoms with van der Waals surface area (Å²) in [7, 11) is -3.78. The lowest BCUT2D eigenvalue weighted by atomic mass is 10.2. The van der Waals surface area contributed by atoms with Gasteiger partial charge in [-0.25, -0.2) is 13.1 Å². The van der Waals surface area contributed by atoms with Crippen LogP contribution in [-0.2, 0) is 26.2 Å². The van der Waals surface area contributed by atoms with Crippen molar-refractivity contribution in [2.45, 2.75) is 38.1 Å². The van der Waals surface area contributed by atoms with Gasteiger partial charge in [0.25, 0.3) is 0 Å². The standard InChI is InChI=1S/C20H22N2O6S/c1-3-19(23)22(20(24)4-2)15-6-8-16(9-7-15)29(25,26)21-12-14-5-10-17-18(11-14)28-13-27-17/h5-11,21H,3-4,12-13H2,1-2H3. The zero-order chi connectivity index (χ0) is 21.0. The number of nitrogens with one attached hydrogen (secondary N) is 1. The van der Waals surface area contributed by atoms with Crippen LogP contribution < -0.4 is 19.1 Å². The maximum atomic E-state index is 12.6. The number of anilines is 1. The monoisotopic (exact) mass is 418 g/mol. The molecule has 0 bridgehead atoms. The highest BCUT2D eigenvalue weighted by atomic mass is 32.2. The number of imide groups is 1. The van der Waals surface area contributed by atoms with E-state index in [2.05, 4.69) is 4.72 Å². The zero-order valence-electron chi connectivity index (χ0n) is 16.2. The van der Waals surface area contributed by atoms with Crippen molar-refractivity contribution in [3.63, 3.8) is 0 Å². The van der Waals surface area contributed by atoms with Gasteiger partial charge in [-0.2, -0.15) is 0 Å². The first-order valence-electron chi connectivity index (χ1n) is 9.19. The highest BCUT2D eigenvalue weighted by molar-refractivity contribution is 7.89. The topological polar surface area (TPSA) is 102 Å². The second-order valence-electron chi connectivity index (χ2n) is 6.34. The van der Waals surface area contributed by atoms with E-state index in [0.717, 1.165) is 10.5 Å². The van der Waals surface area contributed by atoms with Crippen molar-refractivity contribution in [1.82, 2.24) is 4.72 Å². The summed E-state index contributed by atoms with van der Waals surface area (Å²) in [6.07, 6.45) is 0.339. The third-order valence-electron chi connectivity index (χ3n) is 4.41. The Morgan fingerprint density at radius 1 is 0.966 bits per heavy atom. The van der Waals surface area contributed by atoms with Crippen LogP contribution in [0.1, 0.15) is 32.3 Å². The molecule has 2 aromatic rings. The number of fused-ring (bicyclic) bond motifs is 1. The van der Waals surface area contributed by atoms with Crippen molar-refractivity contribution in [2.24, 2.45) is 0 Å². The number of carbonyl (C=O) groups is 2. The van der Waals surface area contributed by atoms with Crippen LogP contribution in [-0.4, -0.2) is 27.0 Å². The van der Waals surface area contributed by atoms with E-state index in [4.69, 9.17) is 9.47 Å². The van der Waals surface area contributed by atoms with Crippen LogP contribution in [0, 0.1) is 0 Å². The lowest BCUT2D eigenvalue weighted by Gasteiger charge is -2.20. The van der Waals surface area contributed by atoms with Crippen molar-refractivity contribution in [3.8, 4) is 11.5 Å². The number of benzene rings is 2. The molecule has 0 spiro atoms. The molecular formula is C20H22N2O6S. The van der Waals surface area contributed by atoms with Gasteiger partial charge in [-0.05, 0) is 42.0 Å². The Bertz CT molecular complexity index is 1000. The average molecular weight is 418 g/mol. The number of amides is 2. The highest BCUT2D eigenvalue weighted by Crippen LogP contribution is 2.32. The lowest BCUT2D eigenvalue weighted by molar-refractivity contribution is -0.126. The van der Waals surface area contributed by atoms with Crippen LogP contribution in [0.25, 0.3) is 0 Å². The van der Waals surface area contributed by atoms with Crippen molar-refractivity contribution in [2.75, 3.05) is 11.7 Å². The quantitative estimate of drug-likeness (QED) is 0.742. The first-order chi connectivity index (χ1) is 13.9. The number of hydrogen-bond donors (Lipinski definition) is 1. The summed E-state index contributed by atoms with van der Waals surface area (Å²) in [5.74, 6) is 0.522. The minimum Gasteiger partial charge on any atom is -0.454 e. The van der Waals surface area contributed by atoms with E-state index in [9.17, 15) is 18.0 Å². The van der Waals surface area contributed by atoms with Crippen LogP contribution in [0.2, 0.25) is 0 Å². The zero-order valence-corrected chi connectivity index (χ0v) is 17.0. The second kappa shape index (κ2) is 8.62. The molecule has 8 nitrogen and oxygen atoms in total. The summed E-state index contributed by atoms with van der Waals surface area (Å²) in [5.41, 5.74) is 1.07. The SMILES string of the molecule is CCC(=O)N(C(=O)CC)c1ccc(S(=O)(=O)NCc2ccc3c(c2)OCO3)cc1. The molecule has 1 heterocycles. The highest BCUT2D eigenvalue weighted by Gasteiger charge is 2.22. The number of hydrogen-bond acceptors (Lipinski definition) is 6. The summed E-state index contributed by atoms with van der Waals surface area (Å²) < 4.78 is 38.2. The fraction of sp³-hybridized carbons (Fsp3) is 0.300. The van der Waals surface area contributed by atoms with E-state index in [-0.39, 0.29) is 42.9 Å². The van der Waals surface area contributed by atoms with Crippen LogP contribution in [0.5, 0.6) is 11.5 Å². The van der Waals surface area contributed by atoms with Gasteiger partial charge >= 0.3 is 0 Å². The van der Waals surface area contributed by atoms with Gasteiger partial charge in [0, 0.05) is 19.4 Å². The van der Waals surface area contributed by atoms with Crippen molar-refractivity contribution < 1.29 is 27.5 Å². The summed E-state index contributed by atoms with van der Waals surface area (Å²) in [6.45, 7) is 3.55. The molecule has 0 saturated carbocycles. The van der Waals surface area contributed by atoms with Crippen LogP contribution in [0.3, 0.4) is 0 Å². The van der Waals surface area contributed by atoms with E-state index in [1.165, 1.54) is 24.3 Å². The van der Waals surface area contributed by atoms with Gasteiger partial charge in [0.1, 0.15) is 0 Å². The normalized spacial score (nSPS) is 12.6. The predicted octanol–water partition coefficient (Wildman–Crippen LogP) is 2.57. The van der Waals surface area contributed by atoms with E-state index < -0.39 is 10.0 Å². The fourth-order valence-electron chi connectivity index (χ4n) is 2.83. The Kier molecular flexibility index (Phi) is 6.19. The Hall–Kier alpha value is -2.91. The van der Waals surface area contributed by atoms with Crippen molar-refractivity contribution >= 4 is 27.5 Å². The molecule has 1 aliphatic heterocycles. The van der Waals surface area contributed by atoms with E-state index in [0.29, 0.717) is 17.2 Å². The minimum absolute atomic E-state index is 0.0369. The maximum absolute atomic E-state index is 12.6. The van der Waals surface area contributed by atoms with Gasteiger partial charge in [-0.3, -0.25) is 14.5 Å². The third-order valence-corrected chi connectivity index (χ3v) is 5.83. The summed E-state index contributed by atoms with van der Waals surface area (Å²) in [5, 5.41) is 0. The third kappa shape index (κ3) is 4.57. The molecule has 0 fully saturated rings. The Morgan fingerprint density at radius 2 is 1.59 bits per heavy atom. The molecular weight excluding hydrogens is 396 g/mol. The minimum atomic E-state index is -3.78. The predicted molar refractivity (Wildman–Crippen MR) is 106 cm³/mol. The summed E-state index contributed by atoms with van der Waals surface area (Å²) in [4.78, 5) is 25.3. The average Bonchev–Trinajstić information content (AvgIpc) is 3.20. The molecule has 0 aromatic heterocycles. The molecule has 2 amide bonds.